The van der Waals surface area contributed by atoms with E-state index in [0.717, 1.165) is 22.2 Å². The van der Waals surface area contributed by atoms with Crippen molar-refractivity contribution in [2.75, 3.05) is 40.2 Å². The van der Waals surface area contributed by atoms with Gasteiger partial charge in [0.1, 0.15) is 16.5 Å². The SMILES string of the molecule is COCCc1nc(Cc2cc(OC)c(OC)c(OC)c2)nc2c1c(C)c(C#N)[s+]2N. The molecule has 2 heterocycles. The summed E-state index contributed by atoms with van der Waals surface area (Å²) < 4.78 is 21.5. The van der Waals surface area contributed by atoms with Gasteiger partial charge in [-0.2, -0.15) is 10.2 Å². The summed E-state index contributed by atoms with van der Waals surface area (Å²) in [7, 11) is 5.51. The van der Waals surface area contributed by atoms with E-state index in [-0.39, 0.29) is 0 Å². The molecule has 1 aromatic carbocycles. The van der Waals surface area contributed by atoms with Crippen LogP contribution < -0.4 is 19.3 Å². The lowest BCUT2D eigenvalue weighted by Crippen LogP contribution is -2.05. The third-order valence-corrected chi connectivity index (χ3v) is 6.42. The molecule has 0 saturated carbocycles. The largest absolute Gasteiger partial charge is 0.493 e. The molecule has 2 aromatic heterocycles. The van der Waals surface area contributed by atoms with Gasteiger partial charge >= 0.3 is 0 Å². The topological polar surface area (TPSA) is 113 Å². The highest BCUT2D eigenvalue weighted by molar-refractivity contribution is 7.37. The highest BCUT2D eigenvalue weighted by Gasteiger charge is 2.28. The lowest BCUT2D eigenvalue weighted by molar-refractivity contribution is 0.201. The third-order valence-electron chi connectivity index (χ3n) is 4.87. The fraction of sp³-hybridized carbons (Fsp3) is 0.381. The number of nitrogens with two attached hydrogens (primary N) is 1. The molecule has 30 heavy (non-hydrogen) atoms. The van der Waals surface area contributed by atoms with Gasteiger partial charge in [-0.1, -0.05) is 0 Å². The van der Waals surface area contributed by atoms with Crippen LogP contribution in [0.5, 0.6) is 17.2 Å². The second kappa shape index (κ2) is 9.26. The summed E-state index contributed by atoms with van der Waals surface area (Å²) in [4.78, 5) is 10.8. The van der Waals surface area contributed by atoms with Gasteiger partial charge in [0.05, 0.1) is 39.0 Å². The smallest absolute Gasteiger partial charge is 0.299 e. The molecule has 3 aromatic rings. The van der Waals surface area contributed by atoms with Crippen molar-refractivity contribution in [2.24, 2.45) is 0 Å². The molecule has 8 nitrogen and oxygen atoms in total. The van der Waals surface area contributed by atoms with Crippen molar-refractivity contribution in [3.05, 3.63) is 39.7 Å². The zero-order valence-electron chi connectivity index (χ0n) is 17.7. The van der Waals surface area contributed by atoms with E-state index < -0.39 is 10.7 Å². The van der Waals surface area contributed by atoms with E-state index in [9.17, 15) is 5.26 Å². The Morgan fingerprint density at radius 1 is 1.07 bits per heavy atom. The standard InChI is InChI=1S/C21H25N4O4S/c1-12-17(11-22)30(23)21-19(12)14(6-7-26-2)24-18(25-21)10-13-8-15(27-3)20(29-5)16(9-13)28-4/h8-9H,6-7,10,23H2,1-5H3/q+1. The van der Waals surface area contributed by atoms with E-state index in [1.54, 1.807) is 28.4 Å². The number of ether oxygens (including phenoxy) is 4. The summed E-state index contributed by atoms with van der Waals surface area (Å²) in [6.45, 7) is 2.41. The minimum absolute atomic E-state index is 0.447. The molecule has 1 atom stereocenters. The number of fused-ring (bicyclic) bond motifs is 1. The number of aryl methyl sites for hydroxylation is 1. The average Bonchev–Trinajstić information content (AvgIpc) is 3.00. The Hall–Kier alpha value is -2.93. The minimum Gasteiger partial charge on any atom is -0.493 e. The molecule has 1 unspecified atom stereocenters. The van der Waals surface area contributed by atoms with Crippen molar-refractivity contribution in [3.63, 3.8) is 0 Å². The molecule has 3 rings (SSSR count). The van der Waals surface area contributed by atoms with Gasteiger partial charge in [-0.05, 0) is 24.6 Å². The Kier molecular flexibility index (Phi) is 6.72. The normalized spacial score (nSPS) is 11.4. The number of nitrogen functional groups attached to an aromatic ring is 1. The van der Waals surface area contributed by atoms with Crippen LogP contribution in [0.15, 0.2) is 12.1 Å². The van der Waals surface area contributed by atoms with Crippen molar-refractivity contribution in [2.45, 2.75) is 19.8 Å². The van der Waals surface area contributed by atoms with E-state index in [1.165, 1.54) is 0 Å². The Bertz CT molecular complexity index is 1100. The molecule has 2 N–H and O–H groups in total. The quantitative estimate of drug-likeness (QED) is 0.544. The number of nitrogens with zero attached hydrogens (tertiary/aromatic N) is 3. The predicted molar refractivity (Wildman–Crippen MR) is 116 cm³/mol. The number of hydrogen-bond donors (Lipinski definition) is 1. The number of aromatic nitrogens is 2. The minimum atomic E-state index is -0.860. The van der Waals surface area contributed by atoms with Gasteiger partial charge in [-0.3, -0.25) is 0 Å². The molecule has 0 aliphatic carbocycles. The Morgan fingerprint density at radius 2 is 1.73 bits per heavy atom. The summed E-state index contributed by atoms with van der Waals surface area (Å²) in [5, 5.41) is 16.7. The molecule has 0 amide bonds. The Morgan fingerprint density at radius 3 is 2.27 bits per heavy atom. The number of hydrogen-bond acceptors (Lipinski definition) is 8. The molecule has 0 aliphatic rings. The first-order chi connectivity index (χ1) is 14.5. The Balaban J connectivity index is 2.13. The molecule has 0 saturated heterocycles. The molecule has 0 aliphatic heterocycles. The molecule has 158 valence electrons. The van der Waals surface area contributed by atoms with Gasteiger partial charge in [0.2, 0.25) is 5.75 Å². The number of rotatable bonds is 8. The van der Waals surface area contributed by atoms with E-state index in [4.69, 9.17) is 34.1 Å². The Labute approximate surface area is 178 Å². The summed E-state index contributed by atoms with van der Waals surface area (Å²) >= 11 is 0. The third kappa shape index (κ3) is 3.89. The van der Waals surface area contributed by atoms with Gasteiger partial charge in [0.25, 0.3) is 9.71 Å². The molecular weight excluding hydrogens is 404 g/mol. The number of methoxy groups -OCH3 is 4. The van der Waals surface area contributed by atoms with Gasteiger partial charge in [-0.25, -0.2) is 4.98 Å². The van der Waals surface area contributed by atoms with Gasteiger partial charge in [0.15, 0.2) is 17.6 Å². The predicted octanol–water partition coefficient (Wildman–Crippen LogP) is 3.08. The van der Waals surface area contributed by atoms with E-state index in [0.29, 0.717) is 52.2 Å². The highest BCUT2D eigenvalue weighted by Crippen LogP contribution is 2.39. The van der Waals surface area contributed by atoms with Gasteiger partial charge < -0.3 is 18.9 Å². The van der Waals surface area contributed by atoms with Crippen LogP contribution in [0.2, 0.25) is 0 Å². The van der Waals surface area contributed by atoms with E-state index in [1.807, 2.05) is 19.1 Å². The summed E-state index contributed by atoms with van der Waals surface area (Å²) in [5.41, 5.74) is 2.60. The zero-order chi connectivity index (χ0) is 21.8. The van der Waals surface area contributed by atoms with Crippen LogP contribution in [-0.2, 0) is 17.6 Å². The molecule has 9 heteroatoms. The van der Waals surface area contributed by atoms with Crippen LogP contribution in [0.3, 0.4) is 0 Å². The average molecular weight is 430 g/mol. The number of nitriles is 1. The molecule has 0 bridgehead atoms. The fourth-order valence-corrected chi connectivity index (χ4v) is 4.87. The van der Waals surface area contributed by atoms with E-state index >= 15 is 0 Å². The van der Waals surface area contributed by atoms with Crippen LogP contribution in [0.1, 0.15) is 27.5 Å². The first-order valence-corrected chi connectivity index (χ1v) is 10.5. The molecule has 0 spiro atoms. The first-order valence-electron chi connectivity index (χ1n) is 9.26. The maximum atomic E-state index is 9.52. The molecule has 0 radical (unpaired) electrons. The number of thiophene rings is 1. The second-order valence-corrected chi connectivity index (χ2v) is 8.09. The van der Waals surface area contributed by atoms with Crippen molar-refractivity contribution in [1.82, 2.24) is 9.97 Å². The van der Waals surface area contributed by atoms with E-state index in [2.05, 4.69) is 6.07 Å². The van der Waals surface area contributed by atoms with Gasteiger partial charge in [0, 0.05) is 25.5 Å². The van der Waals surface area contributed by atoms with Crippen molar-refractivity contribution >= 4 is 20.9 Å². The maximum Gasteiger partial charge on any atom is 0.299 e. The van der Waals surface area contributed by atoms with Crippen LogP contribution in [0.4, 0.5) is 0 Å². The molecule has 0 fully saturated rings. The lowest BCUT2D eigenvalue weighted by atomic mass is 10.1. The van der Waals surface area contributed by atoms with Crippen molar-refractivity contribution in [1.29, 1.82) is 5.26 Å². The second-order valence-electron chi connectivity index (χ2n) is 6.62. The maximum absolute atomic E-state index is 9.52. The van der Waals surface area contributed by atoms with Crippen LogP contribution >= 0.6 is 10.7 Å². The lowest BCUT2D eigenvalue weighted by Gasteiger charge is -2.14. The van der Waals surface area contributed by atoms with Crippen molar-refractivity contribution < 1.29 is 18.9 Å². The van der Waals surface area contributed by atoms with Crippen LogP contribution in [0.25, 0.3) is 10.2 Å². The van der Waals surface area contributed by atoms with Crippen LogP contribution in [-0.4, -0.2) is 45.0 Å². The monoisotopic (exact) mass is 429 g/mol. The first kappa shape index (κ1) is 21.8. The summed E-state index contributed by atoms with van der Waals surface area (Å²) in [6, 6.07) is 5.98. The molecular formula is C21H25N4O4S+. The van der Waals surface area contributed by atoms with Crippen LogP contribution in [0, 0.1) is 18.3 Å². The van der Waals surface area contributed by atoms with Crippen molar-refractivity contribution in [3.8, 4) is 23.3 Å². The fourth-order valence-electron chi connectivity index (χ4n) is 3.46. The summed E-state index contributed by atoms with van der Waals surface area (Å²) in [5.74, 6) is 2.27. The zero-order valence-corrected chi connectivity index (χ0v) is 18.6. The highest BCUT2D eigenvalue weighted by atomic mass is 32.2. The number of benzene rings is 1. The van der Waals surface area contributed by atoms with Gasteiger partial charge in [-0.15, -0.1) is 5.14 Å². The summed E-state index contributed by atoms with van der Waals surface area (Å²) in [6.07, 6.45) is 1.05.